The third-order valence-corrected chi connectivity index (χ3v) is 5.57. The lowest BCUT2D eigenvalue weighted by atomic mass is 9.94. The van der Waals surface area contributed by atoms with Gasteiger partial charge in [0.15, 0.2) is 18.0 Å². The molecule has 11 heteroatoms. The molecular weight excluding hydrogens is 428 g/mol. The van der Waals surface area contributed by atoms with Gasteiger partial charge in [0.05, 0.1) is 0 Å². The van der Waals surface area contributed by atoms with Crippen molar-refractivity contribution in [2.45, 2.75) is 102 Å². The fraction of sp³-hybridized carbons (Fsp3) is 0.810. The molecule has 32 heavy (non-hydrogen) atoms. The van der Waals surface area contributed by atoms with Gasteiger partial charge in [-0.05, 0) is 12.8 Å². The van der Waals surface area contributed by atoms with E-state index in [-0.39, 0.29) is 6.61 Å². The molecule has 2 saturated heterocycles. The summed E-state index contributed by atoms with van der Waals surface area (Å²) in [7, 11) is 0. The summed E-state index contributed by atoms with van der Waals surface area (Å²) in [5.74, 6) is -3.39. The standard InChI is InChI=1S/C21H30O11/c1-11(22)26-10-15(27-12(2)23)16-17-18(32-21(31-17)8-6-5-7-9-21)19(28-13(3)24)20(30-16)29-14(4)25/h15-20H,5-10H2,1-4H3/t15-,16+,17-,18?,19?,20-/m1/s1. The summed E-state index contributed by atoms with van der Waals surface area (Å²) in [6, 6.07) is 0. The van der Waals surface area contributed by atoms with Crippen molar-refractivity contribution in [3.05, 3.63) is 0 Å². The van der Waals surface area contributed by atoms with Gasteiger partial charge in [-0.1, -0.05) is 6.42 Å². The van der Waals surface area contributed by atoms with Gasteiger partial charge in [-0.2, -0.15) is 0 Å². The molecule has 2 heterocycles. The molecule has 2 unspecified atom stereocenters. The Bertz CT molecular complexity index is 715. The van der Waals surface area contributed by atoms with Gasteiger partial charge < -0.3 is 33.2 Å². The summed E-state index contributed by atoms with van der Waals surface area (Å²) in [6.45, 7) is 4.54. The number of hydrogen-bond acceptors (Lipinski definition) is 11. The van der Waals surface area contributed by atoms with E-state index in [4.69, 9.17) is 33.2 Å². The number of fused-ring (bicyclic) bond motifs is 1. The minimum atomic E-state index is -1.33. The number of carbonyl (C=O) groups is 4. The van der Waals surface area contributed by atoms with Crippen LogP contribution in [0.5, 0.6) is 0 Å². The number of hydrogen-bond donors (Lipinski definition) is 0. The van der Waals surface area contributed by atoms with Gasteiger partial charge in [0, 0.05) is 40.5 Å². The third kappa shape index (κ3) is 5.76. The van der Waals surface area contributed by atoms with Crippen LogP contribution in [0.2, 0.25) is 0 Å². The molecule has 0 bridgehead atoms. The van der Waals surface area contributed by atoms with Crippen LogP contribution in [-0.4, -0.2) is 73.1 Å². The quantitative estimate of drug-likeness (QED) is 0.419. The molecule has 1 aliphatic carbocycles. The summed E-state index contributed by atoms with van der Waals surface area (Å²) >= 11 is 0. The Morgan fingerprint density at radius 2 is 1.47 bits per heavy atom. The van der Waals surface area contributed by atoms with Crippen LogP contribution in [0.25, 0.3) is 0 Å². The maximum Gasteiger partial charge on any atom is 0.305 e. The topological polar surface area (TPSA) is 133 Å². The van der Waals surface area contributed by atoms with Crippen LogP contribution >= 0.6 is 0 Å². The molecule has 1 spiro atoms. The molecule has 0 aromatic carbocycles. The van der Waals surface area contributed by atoms with Gasteiger partial charge in [-0.3, -0.25) is 19.2 Å². The third-order valence-electron chi connectivity index (χ3n) is 5.57. The second-order valence-corrected chi connectivity index (χ2v) is 8.24. The molecule has 0 aromatic heterocycles. The Labute approximate surface area is 185 Å². The summed E-state index contributed by atoms with van der Waals surface area (Å²) in [5.41, 5.74) is 0. The first-order chi connectivity index (χ1) is 15.1. The van der Waals surface area contributed by atoms with E-state index in [1.807, 2.05) is 0 Å². The average Bonchev–Trinajstić information content (AvgIpc) is 3.05. The number of rotatable bonds is 6. The van der Waals surface area contributed by atoms with Gasteiger partial charge >= 0.3 is 23.9 Å². The Kier molecular flexibility index (Phi) is 7.73. The minimum Gasteiger partial charge on any atom is -0.462 e. The zero-order chi connectivity index (χ0) is 23.5. The normalized spacial score (nSPS) is 31.8. The molecule has 3 fully saturated rings. The van der Waals surface area contributed by atoms with E-state index in [0.717, 1.165) is 19.3 Å². The Hall–Kier alpha value is -2.24. The van der Waals surface area contributed by atoms with Crippen molar-refractivity contribution in [3.8, 4) is 0 Å². The van der Waals surface area contributed by atoms with Crippen molar-refractivity contribution < 1.29 is 52.3 Å². The van der Waals surface area contributed by atoms with Crippen LogP contribution in [0, 0.1) is 0 Å². The lowest BCUT2D eigenvalue weighted by Gasteiger charge is -2.42. The maximum atomic E-state index is 11.8. The van der Waals surface area contributed by atoms with E-state index in [2.05, 4.69) is 0 Å². The van der Waals surface area contributed by atoms with Gasteiger partial charge in [-0.25, -0.2) is 0 Å². The van der Waals surface area contributed by atoms with Crippen LogP contribution in [0.1, 0.15) is 59.8 Å². The van der Waals surface area contributed by atoms with Crippen molar-refractivity contribution in [3.63, 3.8) is 0 Å². The van der Waals surface area contributed by atoms with Crippen molar-refractivity contribution in [2.24, 2.45) is 0 Å². The second-order valence-electron chi connectivity index (χ2n) is 8.24. The molecule has 0 amide bonds. The van der Waals surface area contributed by atoms with Gasteiger partial charge in [0.2, 0.25) is 6.29 Å². The predicted molar refractivity (Wildman–Crippen MR) is 104 cm³/mol. The molecule has 0 N–H and O–H groups in total. The first-order valence-electron chi connectivity index (χ1n) is 10.8. The van der Waals surface area contributed by atoms with Gasteiger partial charge in [0.25, 0.3) is 0 Å². The van der Waals surface area contributed by atoms with Crippen molar-refractivity contribution in [1.29, 1.82) is 0 Å². The highest BCUT2D eigenvalue weighted by molar-refractivity contribution is 5.68. The number of esters is 4. The molecule has 0 aromatic rings. The largest absolute Gasteiger partial charge is 0.462 e. The maximum absolute atomic E-state index is 11.8. The van der Waals surface area contributed by atoms with Gasteiger partial charge in [-0.15, -0.1) is 0 Å². The summed E-state index contributed by atoms with van der Waals surface area (Å²) in [6.07, 6.45) is -2.13. The highest BCUT2D eigenvalue weighted by atomic mass is 16.8. The Morgan fingerprint density at radius 1 is 0.844 bits per heavy atom. The van der Waals surface area contributed by atoms with E-state index in [0.29, 0.717) is 12.8 Å². The summed E-state index contributed by atoms with van der Waals surface area (Å²) in [5, 5.41) is 0. The molecule has 2 aliphatic heterocycles. The monoisotopic (exact) mass is 458 g/mol. The van der Waals surface area contributed by atoms with E-state index < -0.39 is 66.5 Å². The molecule has 6 atom stereocenters. The fourth-order valence-corrected chi connectivity index (χ4v) is 4.44. The van der Waals surface area contributed by atoms with Crippen LogP contribution in [0.15, 0.2) is 0 Å². The zero-order valence-electron chi connectivity index (χ0n) is 18.7. The number of ether oxygens (including phenoxy) is 7. The molecule has 180 valence electrons. The summed E-state index contributed by atoms with van der Waals surface area (Å²) in [4.78, 5) is 46.7. The van der Waals surface area contributed by atoms with Crippen LogP contribution < -0.4 is 0 Å². The smallest absolute Gasteiger partial charge is 0.305 e. The molecular formula is C21H30O11. The van der Waals surface area contributed by atoms with E-state index in [1.165, 1.54) is 27.7 Å². The SMILES string of the molecule is CC(=O)OC[C@@H](OC(C)=O)[C@@H]1O[C@@H](OC(C)=O)C(OC(C)=O)C2OC3(CCCCC3)O[C@@H]21. The Morgan fingerprint density at radius 3 is 2.03 bits per heavy atom. The molecule has 3 rings (SSSR count). The second kappa shape index (κ2) is 10.1. The van der Waals surface area contributed by atoms with Crippen molar-refractivity contribution >= 4 is 23.9 Å². The molecule has 1 saturated carbocycles. The average molecular weight is 458 g/mol. The fourth-order valence-electron chi connectivity index (χ4n) is 4.44. The molecule has 3 aliphatic rings. The lowest BCUT2D eigenvalue weighted by molar-refractivity contribution is -0.289. The van der Waals surface area contributed by atoms with Crippen LogP contribution in [0.3, 0.4) is 0 Å². The zero-order valence-corrected chi connectivity index (χ0v) is 18.7. The highest BCUT2D eigenvalue weighted by Crippen LogP contribution is 2.46. The van der Waals surface area contributed by atoms with E-state index >= 15 is 0 Å². The predicted octanol–water partition coefficient (Wildman–Crippen LogP) is 1.15. The highest BCUT2D eigenvalue weighted by Gasteiger charge is 2.62. The van der Waals surface area contributed by atoms with E-state index in [1.54, 1.807) is 0 Å². The minimum absolute atomic E-state index is 0.301. The van der Waals surface area contributed by atoms with Crippen LogP contribution in [0.4, 0.5) is 0 Å². The first-order valence-corrected chi connectivity index (χ1v) is 10.8. The van der Waals surface area contributed by atoms with Crippen molar-refractivity contribution in [2.75, 3.05) is 6.61 Å². The van der Waals surface area contributed by atoms with Crippen LogP contribution in [-0.2, 0) is 52.3 Å². The molecule has 11 nitrogen and oxygen atoms in total. The first kappa shape index (κ1) is 24.4. The Balaban J connectivity index is 1.95. The van der Waals surface area contributed by atoms with Gasteiger partial charge in [0.1, 0.15) is 24.9 Å². The molecule has 0 radical (unpaired) electrons. The summed E-state index contributed by atoms with van der Waals surface area (Å²) < 4.78 is 39.7. The van der Waals surface area contributed by atoms with Crippen molar-refractivity contribution in [1.82, 2.24) is 0 Å². The van der Waals surface area contributed by atoms with E-state index in [9.17, 15) is 19.2 Å². The lowest BCUT2D eigenvalue weighted by Crippen LogP contribution is -2.62. The number of carbonyl (C=O) groups excluding carboxylic acids is 4.